The average Bonchev–Trinajstić information content (AvgIpc) is 3.07. The van der Waals surface area contributed by atoms with E-state index >= 15 is 0 Å². The monoisotopic (exact) mass is 527 g/mol. The van der Waals surface area contributed by atoms with E-state index in [2.05, 4.69) is 15.3 Å². The Labute approximate surface area is 205 Å². The van der Waals surface area contributed by atoms with Crippen molar-refractivity contribution in [3.63, 3.8) is 0 Å². The lowest BCUT2D eigenvalue weighted by Crippen LogP contribution is -2.63. The van der Waals surface area contributed by atoms with Crippen molar-refractivity contribution in [3.05, 3.63) is 42.0 Å². The molecule has 194 valence electrons. The first kappa shape index (κ1) is 25.5. The lowest BCUT2D eigenvalue weighted by atomic mass is 10.1. The van der Waals surface area contributed by atoms with Gasteiger partial charge in [0.25, 0.3) is 11.8 Å². The van der Waals surface area contributed by atoms with Crippen molar-refractivity contribution < 1.29 is 35.9 Å². The van der Waals surface area contributed by atoms with Crippen LogP contribution in [0.25, 0.3) is 5.65 Å². The summed E-state index contributed by atoms with van der Waals surface area (Å²) in [6.45, 7) is 1.79. The van der Waals surface area contributed by atoms with Gasteiger partial charge in [0, 0.05) is 20.2 Å². The number of nitrogens with one attached hydrogen (secondary N) is 1. The van der Waals surface area contributed by atoms with Gasteiger partial charge in [0.2, 0.25) is 0 Å². The summed E-state index contributed by atoms with van der Waals surface area (Å²) in [5.41, 5.74) is 0.650. The van der Waals surface area contributed by atoms with Crippen molar-refractivity contribution in [2.75, 3.05) is 37.1 Å². The molecule has 1 saturated heterocycles. The fraction of sp³-hybridized carbons (Fsp3) is 0.409. The molecule has 4 heterocycles. The van der Waals surface area contributed by atoms with Gasteiger partial charge in [0.15, 0.2) is 22.2 Å². The molecule has 0 unspecified atom stereocenters. The topological polar surface area (TPSA) is 115 Å². The summed E-state index contributed by atoms with van der Waals surface area (Å²) in [5, 5.41) is 2.72. The third kappa shape index (κ3) is 5.48. The van der Waals surface area contributed by atoms with Gasteiger partial charge < -0.3 is 19.7 Å². The van der Waals surface area contributed by atoms with Gasteiger partial charge in [-0.25, -0.2) is 18.4 Å². The fourth-order valence-electron chi connectivity index (χ4n) is 3.87. The second kappa shape index (κ2) is 8.84. The Balaban J connectivity index is 1.59. The lowest BCUT2D eigenvalue weighted by Gasteiger charge is -2.38. The third-order valence-corrected chi connectivity index (χ3v) is 7.62. The van der Waals surface area contributed by atoms with Crippen molar-refractivity contribution >= 4 is 27.1 Å². The van der Waals surface area contributed by atoms with Crippen LogP contribution in [-0.2, 0) is 9.84 Å². The number of pyridine rings is 2. The molecule has 1 N–H and O–H groups in total. The number of fused-ring (bicyclic) bond motifs is 1. The maximum Gasteiger partial charge on any atom is 0.422 e. The van der Waals surface area contributed by atoms with Gasteiger partial charge in [0.1, 0.15) is 17.1 Å². The van der Waals surface area contributed by atoms with Crippen molar-refractivity contribution in [1.82, 2.24) is 19.7 Å². The standard InChI is InChI=1S/C22H24F3N5O5S/c1-13-18(19(31)28-21(2)11-36(32,33)12-21)27-17-6-5-15(9-30(13)17)35-20-16(34-10-22(23,24)25)7-14(8-26-20)29(3)4/h5-9H,10-12H2,1-4H3,(H,28,31). The van der Waals surface area contributed by atoms with E-state index in [1.807, 2.05) is 0 Å². The molecule has 0 radical (unpaired) electrons. The lowest BCUT2D eigenvalue weighted by molar-refractivity contribution is -0.153. The molecule has 0 aliphatic carbocycles. The molecule has 0 atom stereocenters. The minimum absolute atomic E-state index is 0.111. The van der Waals surface area contributed by atoms with Gasteiger partial charge in [-0.05, 0) is 26.0 Å². The summed E-state index contributed by atoms with van der Waals surface area (Å²) < 4.78 is 73.5. The Bertz CT molecular complexity index is 1420. The molecule has 3 aromatic rings. The zero-order valence-corrected chi connectivity index (χ0v) is 20.7. The highest BCUT2D eigenvalue weighted by Gasteiger charge is 2.46. The summed E-state index contributed by atoms with van der Waals surface area (Å²) in [6.07, 6.45) is -1.60. The van der Waals surface area contributed by atoms with Crippen LogP contribution >= 0.6 is 0 Å². The number of nitrogens with zero attached hydrogens (tertiary/aromatic N) is 4. The number of imidazole rings is 1. The number of aromatic nitrogens is 3. The van der Waals surface area contributed by atoms with Gasteiger partial charge >= 0.3 is 6.18 Å². The van der Waals surface area contributed by atoms with E-state index in [1.54, 1.807) is 43.3 Å². The van der Waals surface area contributed by atoms with Crippen LogP contribution in [0, 0.1) is 6.92 Å². The molecule has 1 aliphatic heterocycles. The first-order valence-corrected chi connectivity index (χ1v) is 12.5. The predicted molar refractivity (Wildman–Crippen MR) is 125 cm³/mol. The predicted octanol–water partition coefficient (Wildman–Crippen LogP) is 2.75. The van der Waals surface area contributed by atoms with Crippen LogP contribution in [0.15, 0.2) is 30.6 Å². The van der Waals surface area contributed by atoms with E-state index in [1.165, 1.54) is 24.5 Å². The normalized spacial score (nSPS) is 16.3. The Morgan fingerprint density at radius 3 is 2.58 bits per heavy atom. The minimum atomic E-state index is -4.55. The van der Waals surface area contributed by atoms with Crippen molar-refractivity contribution in [1.29, 1.82) is 0 Å². The van der Waals surface area contributed by atoms with Gasteiger partial charge in [-0.2, -0.15) is 13.2 Å². The fourth-order valence-corrected chi connectivity index (χ4v) is 5.87. The average molecular weight is 528 g/mol. The molecule has 0 bridgehead atoms. The van der Waals surface area contributed by atoms with Crippen LogP contribution in [0.5, 0.6) is 17.4 Å². The van der Waals surface area contributed by atoms with Crippen LogP contribution in [0.1, 0.15) is 23.1 Å². The highest BCUT2D eigenvalue weighted by molar-refractivity contribution is 7.93. The zero-order chi connectivity index (χ0) is 26.5. The molecule has 0 aromatic carbocycles. The molecule has 1 aliphatic rings. The molecule has 14 heteroatoms. The maximum absolute atomic E-state index is 12.8. The van der Waals surface area contributed by atoms with Crippen molar-refractivity contribution in [2.45, 2.75) is 25.6 Å². The number of hydrogen-bond donors (Lipinski definition) is 1. The number of carbonyl (C=O) groups excluding carboxylic acids is 1. The molecule has 0 spiro atoms. The minimum Gasteiger partial charge on any atom is -0.478 e. The van der Waals surface area contributed by atoms with Crippen molar-refractivity contribution in [3.8, 4) is 17.4 Å². The van der Waals surface area contributed by atoms with E-state index in [4.69, 9.17) is 9.47 Å². The van der Waals surface area contributed by atoms with Gasteiger partial charge in [0.05, 0.1) is 40.8 Å². The van der Waals surface area contributed by atoms with Gasteiger partial charge in [-0.3, -0.25) is 9.20 Å². The molecular formula is C22H24F3N5O5S. The zero-order valence-electron chi connectivity index (χ0n) is 19.9. The third-order valence-electron chi connectivity index (χ3n) is 5.46. The highest BCUT2D eigenvalue weighted by atomic mass is 32.2. The van der Waals surface area contributed by atoms with E-state index < -0.39 is 34.1 Å². The Kier molecular flexibility index (Phi) is 6.27. The maximum atomic E-state index is 12.8. The molecule has 1 fully saturated rings. The van der Waals surface area contributed by atoms with E-state index in [0.29, 0.717) is 17.0 Å². The number of hydrogen-bond acceptors (Lipinski definition) is 8. The number of carbonyl (C=O) groups is 1. The van der Waals surface area contributed by atoms with Crippen LogP contribution in [0.3, 0.4) is 0 Å². The summed E-state index contributed by atoms with van der Waals surface area (Å²) in [4.78, 5) is 22.9. The summed E-state index contributed by atoms with van der Waals surface area (Å²) >= 11 is 0. The summed E-state index contributed by atoms with van der Waals surface area (Å²) in [7, 11) is 0.266. The molecule has 3 aromatic heterocycles. The molecule has 1 amide bonds. The van der Waals surface area contributed by atoms with E-state index in [-0.39, 0.29) is 34.6 Å². The number of anilines is 1. The number of halogens is 3. The van der Waals surface area contributed by atoms with Crippen LogP contribution in [-0.4, -0.2) is 72.6 Å². The number of alkyl halides is 3. The van der Waals surface area contributed by atoms with Gasteiger partial charge in [-0.15, -0.1) is 0 Å². The Hall–Kier alpha value is -3.55. The smallest absolute Gasteiger partial charge is 0.422 e. The van der Waals surface area contributed by atoms with E-state index in [9.17, 15) is 26.4 Å². The summed E-state index contributed by atoms with van der Waals surface area (Å²) in [5.74, 6) is -0.944. The molecule has 10 nitrogen and oxygen atoms in total. The molecule has 4 rings (SSSR count). The van der Waals surface area contributed by atoms with E-state index in [0.717, 1.165) is 0 Å². The second-order valence-corrected chi connectivity index (χ2v) is 11.1. The SMILES string of the molecule is Cc1c(C(=O)NC2(C)CS(=O)(=O)C2)nc2ccc(Oc3ncc(N(C)C)cc3OCC(F)(F)F)cn12. The van der Waals surface area contributed by atoms with Crippen LogP contribution in [0.2, 0.25) is 0 Å². The molecule has 36 heavy (non-hydrogen) atoms. The number of sulfone groups is 1. The first-order valence-electron chi connectivity index (χ1n) is 10.7. The Morgan fingerprint density at radius 2 is 1.97 bits per heavy atom. The van der Waals surface area contributed by atoms with Crippen molar-refractivity contribution in [2.24, 2.45) is 0 Å². The summed E-state index contributed by atoms with van der Waals surface area (Å²) in [6, 6.07) is 4.48. The molecule has 0 saturated carbocycles. The number of ether oxygens (including phenoxy) is 2. The Morgan fingerprint density at radius 1 is 1.28 bits per heavy atom. The highest BCUT2D eigenvalue weighted by Crippen LogP contribution is 2.34. The van der Waals surface area contributed by atoms with Crippen LogP contribution in [0.4, 0.5) is 18.9 Å². The number of aryl methyl sites for hydroxylation is 1. The second-order valence-electron chi connectivity index (χ2n) is 9.08. The molecular weight excluding hydrogens is 503 g/mol. The quantitative estimate of drug-likeness (QED) is 0.499. The number of amides is 1. The van der Waals surface area contributed by atoms with Gasteiger partial charge in [-0.1, -0.05) is 0 Å². The first-order chi connectivity index (χ1) is 16.6. The largest absolute Gasteiger partial charge is 0.478 e. The number of rotatable bonds is 7. The van der Waals surface area contributed by atoms with Crippen LogP contribution < -0.4 is 19.7 Å².